The monoisotopic (exact) mass is 213 g/mol. The highest BCUT2D eigenvalue weighted by Crippen LogP contribution is 2.17. The first kappa shape index (κ1) is 13.7. The number of rotatable bonds is 4. The highest BCUT2D eigenvalue weighted by atomic mass is 16.4. The van der Waals surface area contributed by atoms with Crippen LogP contribution in [0.4, 0.5) is 0 Å². The van der Waals surface area contributed by atoms with Gasteiger partial charge in [-0.25, -0.2) is 4.79 Å². The molecule has 0 saturated carbocycles. The Bertz CT molecular complexity index is 294. The molecule has 0 aliphatic carbocycles. The van der Waals surface area contributed by atoms with E-state index in [9.17, 15) is 9.59 Å². The van der Waals surface area contributed by atoms with Crippen LogP contribution in [0.15, 0.2) is 11.6 Å². The maximum absolute atomic E-state index is 11.6. The van der Waals surface area contributed by atoms with Gasteiger partial charge in [-0.2, -0.15) is 0 Å². The van der Waals surface area contributed by atoms with Crippen molar-refractivity contribution >= 4 is 11.9 Å². The van der Waals surface area contributed by atoms with Gasteiger partial charge in [0.25, 0.3) is 0 Å². The first-order valence-corrected chi connectivity index (χ1v) is 4.94. The quantitative estimate of drug-likeness (QED) is 0.696. The number of hydrogen-bond donors (Lipinski definition) is 2. The lowest BCUT2D eigenvalue weighted by Gasteiger charge is -2.30. The van der Waals surface area contributed by atoms with E-state index >= 15 is 0 Å². The van der Waals surface area contributed by atoms with Crippen LogP contribution in [0, 0.1) is 5.92 Å². The Hall–Kier alpha value is -1.32. The van der Waals surface area contributed by atoms with Crippen LogP contribution in [0.25, 0.3) is 0 Å². The first-order valence-electron chi connectivity index (χ1n) is 4.94. The van der Waals surface area contributed by atoms with E-state index in [4.69, 9.17) is 5.11 Å². The maximum atomic E-state index is 11.6. The molecule has 1 atom stereocenters. The van der Waals surface area contributed by atoms with Crippen molar-refractivity contribution in [3.8, 4) is 0 Å². The SMILES string of the molecule is C/C=C(/C)C(=O)NC(C)(C(=O)O)C(C)C. The zero-order valence-electron chi connectivity index (χ0n) is 9.92. The van der Waals surface area contributed by atoms with Gasteiger partial charge < -0.3 is 10.4 Å². The Morgan fingerprint density at radius 2 is 1.87 bits per heavy atom. The molecular formula is C11H19NO3. The number of carbonyl (C=O) groups is 2. The largest absolute Gasteiger partial charge is 0.480 e. The van der Waals surface area contributed by atoms with Crippen LogP contribution in [0.2, 0.25) is 0 Å². The summed E-state index contributed by atoms with van der Waals surface area (Å²) >= 11 is 0. The number of hydrogen-bond acceptors (Lipinski definition) is 2. The Kier molecular flexibility index (Phi) is 4.52. The number of carboxylic acid groups (broad SMARTS) is 1. The molecule has 0 heterocycles. The number of carboxylic acids is 1. The van der Waals surface area contributed by atoms with Gasteiger partial charge in [-0.3, -0.25) is 4.79 Å². The highest BCUT2D eigenvalue weighted by Gasteiger charge is 2.38. The molecule has 0 aromatic rings. The number of aliphatic carboxylic acids is 1. The van der Waals surface area contributed by atoms with Gasteiger partial charge in [-0.1, -0.05) is 19.9 Å². The lowest BCUT2D eigenvalue weighted by atomic mass is 9.88. The Morgan fingerprint density at radius 1 is 1.40 bits per heavy atom. The van der Waals surface area contributed by atoms with Crippen molar-refractivity contribution in [2.75, 3.05) is 0 Å². The van der Waals surface area contributed by atoms with Crippen molar-refractivity contribution in [3.05, 3.63) is 11.6 Å². The van der Waals surface area contributed by atoms with Crippen LogP contribution in [0.3, 0.4) is 0 Å². The third kappa shape index (κ3) is 3.08. The molecule has 1 amide bonds. The van der Waals surface area contributed by atoms with Gasteiger partial charge in [-0.15, -0.1) is 0 Å². The summed E-state index contributed by atoms with van der Waals surface area (Å²) in [5.74, 6) is -1.53. The minimum absolute atomic E-state index is 0.177. The summed E-state index contributed by atoms with van der Waals surface area (Å²) in [5.41, 5.74) is -0.704. The number of allylic oxidation sites excluding steroid dienone is 1. The summed E-state index contributed by atoms with van der Waals surface area (Å²) in [6.45, 7) is 8.43. The van der Waals surface area contributed by atoms with Crippen LogP contribution in [-0.4, -0.2) is 22.5 Å². The van der Waals surface area contributed by atoms with E-state index in [0.29, 0.717) is 5.57 Å². The zero-order chi connectivity index (χ0) is 12.2. The molecule has 0 rings (SSSR count). The molecule has 4 nitrogen and oxygen atoms in total. The number of amides is 1. The molecule has 0 aliphatic rings. The fourth-order valence-electron chi connectivity index (χ4n) is 0.910. The molecular weight excluding hydrogens is 194 g/mol. The Balaban J connectivity index is 4.87. The fourth-order valence-corrected chi connectivity index (χ4v) is 0.910. The molecule has 0 bridgehead atoms. The molecule has 0 spiro atoms. The van der Waals surface area contributed by atoms with E-state index in [-0.39, 0.29) is 11.8 Å². The molecule has 0 aromatic carbocycles. The molecule has 86 valence electrons. The average molecular weight is 213 g/mol. The van der Waals surface area contributed by atoms with Gasteiger partial charge >= 0.3 is 5.97 Å². The second-order valence-electron chi connectivity index (χ2n) is 4.09. The summed E-state index contributed by atoms with van der Waals surface area (Å²) in [7, 11) is 0. The van der Waals surface area contributed by atoms with Crippen molar-refractivity contribution in [2.24, 2.45) is 5.92 Å². The van der Waals surface area contributed by atoms with E-state index in [1.807, 2.05) is 0 Å². The van der Waals surface area contributed by atoms with Crippen molar-refractivity contribution in [1.82, 2.24) is 5.32 Å². The van der Waals surface area contributed by atoms with Gasteiger partial charge in [-0.05, 0) is 26.7 Å². The Morgan fingerprint density at radius 3 is 2.13 bits per heavy atom. The first-order chi connectivity index (χ1) is 6.75. The van der Waals surface area contributed by atoms with E-state index in [0.717, 1.165) is 0 Å². The number of nitrogens with one attached hydrogen (secondary N) is 1. The molecule has 0 aliphatic heterocycles. The lowest BCUT2D eigenvalue weighted by molar-refractivity contribution is -0.148. The van der Waals surface area contributed by atoms with E-state index < -0.39 is 11.5 Å². The fraction of sp³-hybridized carbons (Fsp3) is 0.636. The molecule has 15 heavy (non-hydrogen) atoms. The molecule has 0 radical (unpaired) electrons. The van der Waals surface area contributed by atoms with E-state index in [2.05, 4.69) is 5.32 Å². The van der Waals surface area contributed by atoms with Crippen molar-refractivity contribution < 1.29 is 14.7 Å². The minimum atomic E-state index is -1.22. The zero-order valence-corrected chi connectivity index (χ0v) is 9.92. The van der Waals surface area contributed by atoms with Crippen LogP contribution in [0.1, 0.15) is 34.6 Å². The summed E-state index contributed by atoms with van der Waals surface area (Å²) < 4.78 is 0. The van der Waals surface area contributed by atoms with Crippen LogP contribution in [0.5, 0.6) is 0 Å². The van der Waals surface area contributed by atoms with Crippen molar-refractivity contribution in [2.45, 2.75) is 40.2 Å². The van der Waals surface area contributed by atoms with E-state index in [1.54, 1.807) is 33.8 Å². The van der Waals surface area contributed by atoms with Gasteiger partial charge in [0.1, 0.15) is 5.54 Å². The molecule has 2 N–H and O–H groups in total. The van der Waals surface area contributed by atoms with Crippen molar-refractivity contribution in [1.29, 1.82) is 0 Å². The summed E-state index contributed by atoms with van der Waals surface area (Å²) in [6.07, 6.45) is 1.65. The third-order valence-corrected chi connectivity index (χ3v) is 2.76. The smallest absolute Gasteiger partial charge is 0.329 e. The molecule has 0 fully saturated rings. The standard InChI is InChI=1S/C11H19NO3/c1-6-8(4)9(13)12-11(5,7(2)3)10(14)15/h6-7H,1-5H3,(H,12,13)(H,14,15)/b8-6-. The van der Waals surface area contributed by atoms with Gasteiger partial charge in [0, 0.05) is 5.57 Å². The topological polar surface area (TPSA) is 66.4 Å². The summed E-state index contributed by atoms with van der Waals surface area (Å²) in [4.78, 5) is 22.6. The molecule has 1 unspecified atom stereocenters. The average Bonchev–Trinajstić information content (AvgIpc) is 2.15. The third-order valence-electron chi connectivity index (χ3n) is 2.76. The second kappa shape index (κ2) is 4.96. The number of carbonyl (C=O) groups excluding carboxylic acids is 1. The van der Waals surface area contributed by atoms with E-state index in [1.165, 1.54) is 6.92 Å². The van der Waals surface area contributed by atoms with Crippen LogP contribution < -0.4 is 5.32 Å². The summed E-state index contributed by atoms with van der Waals surface area (Å²) in [6, 6.07) is 0. The normalized spacial score (nSPS) is 16.0. The van der Waals surface area contributed by atoms with Crippen LogP contribution in [-0.2, 0) is 9.59 Å². The van der Waals surface area contributed by atoms with Crippen LogP contribution >= 0.6 is 0 Å². The maximum Gasteiger partial charge on any atom is 0.329 e. The second-order valence-corrected chi connectivity index (χ2v) is 4.09. The van der Waals surface area contributed by atoms with Gasteiger partial charge in [0.2, 0.25) is 5.91 Å². The molecule has 0 saturated heterocycles. The predicted octanol–water partition coefficient (Wildman–Crippen LogP) is 1.57. The predicted molar refractivity (Wildman–Crippen MR) is 58.5 cm³/mol. The van der Waals surface area contributed by atoms with Crippen molar-refractivity contribution in [3.63, 3.8) is 0 Å². The Labute approximate surface area is 90.4 Å². The summed E-state index contributed by atoms with van der Waals surface area (Å²) in [5, 5.41) is 11.6. The minimum Gasteiger partial charge on any atom is -0.480 e. The highest BCUT2D eigenvalue weighted by molar-refractivity contribution is 5.96. The lowest BCUT2D eigenvalue weighted by Crippen LogP contribution is -2.56. The molecule has 0 aromatic heterocycles. The molecule has 4 heteroatoms. The van der Waals surface area contributed by atoms with Gasteiger partial charge in [0.05, 0.1) is 0 Å². The van der Waals surface area contributed by atoms with Gasteiger partial charge in [0.15, 0.2) is 0 Å².